The first kappa shape index (κ1) is 33.9. The Bertz CT molecular complexity index is 1470. The number of aliphatic carboxylic acids is 1. The van der Waals surface area contributed by atoms with E-state index in [4.69, 9.17) is 16.3 Å². The van der Waals surface area contributed by atoms with Gasteiger partial charge in [-0.15, -0.1) is 0 Å². The van der Waals surface area contributed by atoms with Crippen molar-refractivity contribution < 1.29 is 36.2 Å². The number of halogens is 4. The monoisotopic (exact) mass is 652 g/mol. The summed E-state index contributed by atoms with van der Waals surface area (Å²) >= 11 is 6.32. The van der Waals surface area contributed by atoms with Gasteiger partial charge in [-0.1, -0.05) is 84.4 Å². The summed E-state index contributed by atoms with van der Waals surface area (Å²) in [6.07, 6.45) is -3.72. The zero-order valence-corrected chi connectivity index (χ0v) is 26.0. The highest BCUT2D eigenvalue weighted by Crippen LogP contribution is 2.37. The molecule has 0 aliphatic carbocycles. The summed E-state index contributed by atoms with van der Waals surface area (Å²) in [6, 6.07) is 22.3. The van der Waals surface area contributed by atoms with Crippen LogP contribution in [0.4, 0.5) is 13.2 Å². The van der Waals surface area contributed by atoms with Gasteiger partial charge in [0, 0.05) is 44.6 Å². The van der Waals surface area contributed by atoms with Crippen LogP contribution in [-0.2, 0) is 32.3 Å². The van der Waals surface area contributed by atoms with E-state index in [0.29, 0.717) is 18.5 Å². The molecular weight excluding hydrogens is 617 g/mol. The fraction of sp³-hybridized carbons (Fsp3) is 0.406. The van der Waals surface area contributed by atoms with Crippen molar-refractivity contribution in [3.05, 3.63) is 106 Å². The number of alkyl halides is 3. The molecule has 1 saturated heterocycles. The van der Waals surface area contributed by atoms with Crippen molar-refractivity contribution in [1.29, 1.82) is 0 Å². The van der Waals surface area contributed by atoms with E-state index in [-0.39, 0.29) is 43.1 Å². The van der Waals surface area contributed by atoms with E-state index in [1.54, 1.807) is 6.07 Å². The number of carboxylic acid groups (broad SMARTS) is 1. The molecule has 238 valence electrons. The van der Waals surface area contributed by atoms with Crippen molar-refractivity contribution in [2.75, 3.05) is 26.0 Å². The van der Waals surface area contributed by atoms with E-state index < -0.39 is 39.9 Å². The zero-order valence-electron chi connectivity index (χ0n) is 24.5. The normalized spacial score (nSPS) is 18.6. The fourth-order valence-electron chi connectivity index (χ4n) is 5.62. The number of ether oxygens (including phenoxy) is 1. The first-order chi connectivity index (χ1) is 20.8. The molecule has 3 aromatic rings. The molecule has 0 unspecified atom stereocenters. The van der Waals surface area contributed by atoms with E-state index in [1.165, 1.54) is 6.07 Å². The molecule has 1 aliphatic heterocycles. The Kier molecular flexibility index (Phi) is 11.1. The lowest BCUT2D eigenvalue weighted by molar-refractivity contribution is -0.141. The Morgan fingerprint density at radius 2 is 1.64 bits per heavy atom. The van der Waals surface area contributed by atoms with Crippen molar-refractivity contribution >= 4 is 27.6 Å². The van der Waals surface area contributed by atoms with Crippen LogP contribution in [0.25, 0.3) is 0 Å². The van der Waals surface area contributed by atoms with Gasteiger partial charge in [0.15, 0.2) is 0 Å². The Morgan fingerprint density at radius 1 is 1.05 bits per heavy atom. The quantitative estimate of drug-likeness (QED) is 0.234. The minimum absolute atomic E-state index is 0.0322. The third-order valence-electron chi connectivity index (χ3n) is 8.02. The predicted molar refractivity (Wildman–Crippen MR) is 163 cm³/mol. The summed E-state index contributed by atoms with van der Waals surface area (Å²) < 4.78 is 72.2. The Hall–Kier alpha value is -2.96. The number of benzene rings is 3. The molecule has 44 heavy (non-hydrogen) atoms. The molecule has 1 aliphatic rings. The van der Waals surface area contributed by atoms with Crippen LogP contribution in [0.15, 0.2) is 78.9 Å². The van der Waals surface area contributed by atoms with Crippen LogP contribution in [-0.4, -0.2) is 72.8 Å². The van der Waals surface area contributed by atoms with Gasteiger partial charge in [-0.05, 0) is 36.1 Å². The van der Waals surface area contributed by atoms with Gasteiger partial charge in [-0.2, -0.15) is 17.5 Å². The second kappa shape index (κ2) is 14.4. The van der Waals surface area contributed by atoms with E-state index >= 15 is 0 Å². The smallest absolute Gasteiger partial charge is 0.417 e. The second-order valence-corrected chi connectivity index (χ2v) is 13.4. The van der Waals surface area contributed by atoms with E-state index in [9.17, 15) is 31.5 Å². The van der Waals surface area contributed by atoms with Crippen molar-refractivity contribution in [2.24, 2.45) is 0 Å². The molecule has 0 bridgehead atoms. The van der Waals surface area contributed by atoms with Crippen LogP contribution < -0.4 is 0 Å². The number of hydrogen-bond acceptors (Lipinski definition) is 5. The van der Waals surface area contributed by atoms with Crippen molar-refractivity contribution in [3.8, 4) is 0 Å². The minimum atomic E-state index is -4.59. The summed E-state index contributed by atoms with van der Waals surface area (Å²) in [7, 11) is -3.73. The molecule has 0 aromatic heterocycles. The van der Waals surface area contributed by atoms with Crippen molar-refractivity contribution in [2.45, 2.75) is 56.6 Å². The third kappa shape index (κ3) is 8.60. The van der Waals surface area contributed by atoms with Gasteiger partial charge < -0.3 is 9.84 Å². The van der Waals surface area contributed by atoms with Gasteiger partial charge in [0.25, 0.3) is 0 Å². The first-order valence-electron chi connectivity index (χ1n) is 14.3. The number of sulfonamides is 1. The molecule has 4 rings (SSSR count). The molecule has 0 saturated carbocycles. The number of rotatable bonds is 13. The highest BCUT2D eigenvalue weighted by Gasteiger charge is 2.42. The molecule has 0 radical (unpaired) electrons. The lowest BCUT2D eigenvalue weighted by Gasteiger charge is -2.34. The van der Waals surface area contributed by atoms with Gasteiger partial charge in [0.05, 0.1) is 22.9 Å². The Morgan fingerprint density at radius 3 is 2.14 bits per heavy atom. The zero-order chi connectivity index (χ0) is 32.1. The topological polar surface area (TPSA) is 87.1 Å². The molecule has 0 amide bonds. The molecule has 1 heterocycles. The first-order valence-corrected chi connectivity index (χ1v) is 16.5. The molecule has 0 spiro atoms. The molecule has 12 heteroatoms. The number of hydrogen-bond donors (Lipinski definition) is 1. The van der Waals surface area contributed by atoms with Crippen LogP contribution in [0.5, 0.6) is 0 Å². The summed E-state index contributed by atoms with van der Waals surface area (Å²) in [5.74, 6) is -1.33. The summed E-state index contributed by atoms with van der Waals surface area (Å²) in [4.78, 5) is 13.7. The molecular formula is C32H36ClF3N2O5S. The fourth-order valence-corrected chi connectivity index (χ4v) is 6.99. The summed E-state index contributed by atoms with van der Waals surface area (Å²) in [5.41, 5.74) is 1.56. The molecule has 3 aromatic carbocycles. The molecule has 1 fully saturated rings. The maximum Gasteiger partial charge on any atom is 0.417 e. The lowest BCUT2D eigenvalue weighted by Crippen LogP contribution is -2.39. The van der Waals surface area contributed by atoms with Gasteiger partial charge >= 0.3 is 12.1 Å². The van der Waals surface area contributed by atoms with Crippen LogP contribution in [0.2, 0.25) is 5.02 Å². The van der Waals surface area contributed by atoms with Crippen molar-refractivity contribution in [3.63, 3.8) is 0 Å². The maximum absolute atomic E-state index is 13.7. The highest BCUT2D eigenvalue weighted by atomic mass is 35.5. The van der Waals surface area contributed by atoms with Gasteiger partial charge in [-0.25, -0.2) is 8.42 Å². The van der Waals surface area contributed by atoms with Gasteiger partial charge in [0.1, 0.15) is 6.04 Å². The number of carboxylic acids is 1. The molecule has 7 nitrogen and oxygen atoms in total. The minimum Gasteiger partial charge on any atom is -0.480 e. The Labute approximate surface area is 261 Å². The summed E-state index contributed by atoms with van der Waals surface area (Å²) in [5, 5.41) is 9.17. The molecule has 3 atom stereocenters. The average Bonchev–Trinajstić information content (AvgIpc) is 3.42. The van der Waals surface area contributed by atoms with Crippen LogP contribution in [0.1, 0.15) is 47.9 Å². The van der Waals surface area contributed by atoms with E-state index in [0.717, 1.165) is 27.8 Å². The average molecular weight is 653 g/mol. The standard InChI is InChI=1S/C32H36ClF3N2O5S/c1-22(16-17-43-26-18-29(31(39)40)38(20-26)44(2,41)42)37(19-25-14-9-15-28(30(25)33)32(34,35)36)21-27(23-10-5-3-6-11-23)24-12-7-4-8-13-24/h3-15,22,26-27,29H,16-21H2,1-2H3,(H,39,40)/t22-,26+,29-/m1/s1. The second-order valence-electron chi connectivity index (χ2n) is 11.1. The highest BCUT2D eigenvalue weighted by molar-refractivity contribution is 7.88. The third-order valence-corrected chi connectivity index (χ3v) is 9.72. The SMILES string of the molecule is C[C@H](CCO[C@H]1C[C@H](C(=O)O)N(S(C)(=O)=O)C1)N(Cc1cccc(C(F)(F)F)c1Cl)CC(c1ccccc1)c1ccccc1. The molecule has 1 N–H and O–H groups in total. The Balaban J connectivity index is 1.57. The van der Waals surface area contributed by atoms with Crippen LogP contribution in [0.3, 0.4) is 0 Å². The predicted octanol–water partition coefficient (Wildman–Crippen LogP) is 6.28. The van der Waals surface area contributed by atoms with Crippen molar-refractivity contribution in [1.82, 2.24) is 9.21 Å². The van der Waals surface area contributed by atoms with Gasteiger partial charge in [0.2, 0.25) is 10.0 Å². The number of carbonyl (C=O) groups is 1. The van der Waals surface area contributed by atoms with E-state index in [2.05, 4.69) is 4.90 Å². The largest absolute Gasteiger partial charge is 0.480 e. The van der Waals surface area contributed by atoms with Gasteiger partial charge in [-0.3, -0.25) is 9.69 Å². The maximum atomic E-state index is 13.7. The van der Waals surface area contributed by atoms with E-state index in [1.807, 2.05) is 67.6 Å². The lowest BCUT2D eigenvalue weighted by atomic mass is 9.90. The van der Waals surface area contributed by atoms with Crippen LogP contribution in [0, 0.1) is 0 Å². The van der Waals surface area contributed by atoms with Crippen LogP contribution >= 0.6 is 11.6 Å². The summed E-state index contributed by atoms with van der Waals surface area (Å²) in [6.45, 7) is 2.71. The number of nitrogens with zero attached hydrogens (tertiary/aromatic N) is 2.